The molecule has 1 amide bonds. The summed E-state index contributed by atoms with van der Waals surface area (Å²) in [6.45, 7) is 4.36. The van der Waals surface area contributed by atoms with Crippen LogP contribution in [-0.2, 0) is 4.79 Å². The number of hydrogen-bond acceptors (Lipinski definition) is 5. The monoisotopic (exact) mass is 320 g/mol. The second-order valence-electron chi connectivity index (χ2n) is 5.82. The molecule has 1 saturated heterocycles. The van der Waals surface area contributed by atoms with Crippen molar-refractivity contribution in [2.45, 2.75) is 39.0 Å². The number of amides is 1. The molecule has 2 heterocycles. The van der Waals surface area contributed by atoms with Crippen LogP contribution in [0.15, 0.2) is 12.4 Å². The summed E-state index contributed by atoms with van der Waals surface area (Å²) >= 11 is 0. The van der Waals surface area contributed by atoms with Gasteiger partial charge in [0.25, 0.3) is 0 Å². The van der Waals surface area contributed by atoms with Crippen molar-refractivity contribution in [3.05, 3.63) is 18.1 Å². The molecule has 0 bridgehead atoms. The molecule has 0 aliphatic carbocycles. The number of carboxylic acid groups (broad SMARTS) is 1. The minimum absolute atomic E-state index is 0.0547. The summed E-state index contributed by atoms with van der Waals surface area (Å²) in [4.78, 5) is 32.9. The highest BCUT2D eigenvalue weighted by Crippen LogP contribution is 2.21. The number of nitrogens with one attached hydrogen (secondary N) is 1. The van der Waals surface area contributed by atoms with Crippen molar-refractivity contribution in [1.82, 2.24) is 15.3 Å². The molecular formula is C16H24N4O3. The summed E-state index contributed by atoms with van der Waals surface area (Å²) < 4.78 is 0. The average Bonchev–Trinajstić information content (AvgIpc) is 2.59. The van der Waals surface area contributed by atoms with E-state index in [-0.39, 0.29) is 17.5 Å². The Morgan fingerprint density at radius 3 is 2.57 bits per heavy atom. The summed E-state index contributed by atoms with van der Waals surface area (Å²) in [7, 11) is 0. The van der Waals surface area contributed by atoms with E-state index in [1.807, 2.05) is 4.90 Å². The topological polar surface area (TPSA) is 95.4 Å². The number of carbonyl (C=O) groups is 2. The van der Waals surface area contributed by atoms with E-state index in [1.165, 1.54) is 12.4 Å². The summed E-state index contributed by atoms with van der Waals surface area (Å²) in [6.07, 6.45) is 7.63. The van der Waals surface area contributed by atoms with Gasteiger partial charge in [-0.2, -0.15) is 0 Å². The van der Waals surface area contributed by atoms with Crippen LogP contribution in [0.4, 0.5) is 5.82 Å². The van der Waals surface area contributed by atoms with Crippen LogP contribution in [0.1, 0.15) is 49.5 Å². The third-order valence-electron chi connectivity index (χ3n) is 4.13. The van der Waals surface area contributed by atoms with Crippen molar-refractivity contribution in [2.75, 3.05) is 24.5 Å². The van der Waals surface area contributed by atoms with Gasteiger partial charge in [-0.1, -0.05) is 19.8 Å². The van der Waals surface area contributed by atoms with Crippen LogP contribution in [0.5, 0.6) is 0 Å². The number of nitrogens with zero attached hydrogens (tertiary/aromatic N) is 3. The first-order chi connectivity index (χ1) is 11.1. The SMILES string of the molecule is CCCCCNC(=O)C1CCN(c2cnc(C(=O)O)cn2)CC1. The molecule has 2 rings (SSSR count). The van der Waals surface area contributed by atoms with E-state index in [1.54, 1.807) is 0 Å². The quantitative estimate of drug-likeness (QED) is 0.742. The minimum atomic E-state index is -1.08. The lowest BCUT2D eigenvalue weighted by Gasteiger charge is -2.31. The maximum Gasteiger partial charge on any atom is 0.356 e. The van der Waals surface area contributed by atoms with Gasteiger partial charge in [0, 0.05) is 25.6 Å². The average molecular weight is 320 g/mol. The Morgan fingerprint density at radius 1 is 1.26 bits per heavy atom. The summed E-state index contributed by atoms with van der Waals surface area (Å²) in [5, 5.41) is 11.8. The van der Waals surface area contributed by atoms with Gasteiger partial charge in [0.15, 0.2) is 5.69 Å². The molecule has 0 radical (unpaired) electrons. The van der Waals surface area contributed by atoms with Crippen molar-refractivity contribution in [1.29, 1.82) is 0 Å². The zero-order valence-electron chi connectivity index (χ0n) is 13.5. The Bertz CT molecular complexity index is 525. The van der Waals surface area contributed by atoms with E-state index < -0.39 is 5.97 Å². The van der Waals surface area contributed by atoms with Crippen LogP contribution in [-0.4, -0.2) is 46.6 Å². The van der Waals surface area contributed by atoms with Crippen LogP contribution in [0.25, 0.3) is 0 Å². The minimum Gasteiger partial charge on any atom is -0.476 e. The third kappa shape index (κ3) is 4.91. The van der Waals surface area contributed by atoms with Gasteiger partial charge >= 0.3 is 5.97 Å². The highest BCUT2D eigenvalue weighted by molar-refractivity contribution is 5.85. The number of rotatable bonds is 7. The van der Waals surface area contributed by atoms with E-state index in [9.17, 15) is 9.59 Å². The van der Waals surface area contributed by atoms with Crippen molar-refractivity contribution in [3.63, 3.8) is 0 Å². The number of aromatic carboxylic acids is 1. The maximum absolute atomic E-state index is 12.1. The van der Waals surface area contributed by atoms with Crippen molar-refractivity contribution in [3.8, 4) is 0 Å². The normalized spacial score (nSPS) is 15.4. The van der Waals surface area contributed by atoms with Gasteiger partial charge in [0.1, 0.15) is 5.82 Å². The highest BCUT2D eigenvalue weighted by Gasteiger charge is 2.25. The first kappa shape index (κ1) is 17.2. The molecular weight excluding hydrogens is 296 g/mol. The predicted molar refractivity (Wildman–Crippen MR) is 86.5 cm³/mol. The molecule has 1 aromatic heterocycles. The fraction of sp³-hybridized carbons (Fsp3) is 0.625. The molecule has 0 spiro atoms. The number of aromatic nitrogens is 2. The Hall–Kier alpha value is -2.18. The van der Waals surface area contributed by atoms with E-state index in [4.69, 9.17) is 5.11 Å². The second-order valence-corrected chi connectivity index (χ2v) is 5.82. The molecule has 0 atom stereocenters. The lowest BCUT2D eigenvalue weighted by molar-refractivity contribution is -0.125. The van der Waals surface area contributed by atoms with Gasteiger partial charge in [-0.15, -0.1) is 0 Å². The second kappa shape index (κ2) is 8.45. The largest absolute Gasteiger partial charge is 0.476 e. The number of carbonyl (C=O) groups excluding carboxylic acids is 1. The Kier molecular flexibility index (Phi) is 6.31. The lowest BCUT2D eigenvalue weighted by atomic mass is 9.96. The maximum atomic E-state index is 12.1. The summed E-state index contributed by atoms with van der Waals surface area (Å²) in [5.74, 6) is -0.216. The molecule has 1 fully saturated rings. The zero-order chi connectivity index (χ0) is 16.7. The molecule has 1 aliphatic rings. The number of anilines is 1. The summed E-state index contributed by atoms with van der Waals surface area (Å²) in [6, 6.07) is 0. The highest BCUT2D eigenvalue weighted by atomic mass is 16.4. The molecule has 0 unspecified atom stereocenters. The van der Waals surface area contributed by atoms with Gasteiger partial charge in [0.2, 0.25) is 5.91 Å². The van der Waals surface area contributed by atoms with Gasteiger partial charge in [-0.25, -0.2) is 14.8 Å². The molecule has 0 aromatic carbocycles. The van der Waals surface area contributed by atoms with Crippen LogP contribution in [0.2, 0.25) is 0 Å². The van der Waals surface area contributed by atoms with Crippen molar-refractivity contribution >= 4 is 17.7 Å². The number of carboxylic acids is 1. The summed E-state index contributed by atoms with van der Waals surface area (Å²) in [5.41, 5.74) is -0.0601. The van der Waals surface area contributed by atoms with E-state index in [0.29, 0.717) is 5.82 Å². The number of piperidine rings is 1. The molecule has 23 heavy (non-hydrogen) atoms. The molecule has 0 saturated carbocycles. The molecule has 2 N–H and O–H groups in total. The van der Waals surface area contributed by atoms with Gasteiger partial charge in [-0.05, 0) is 19.3 Å². The van der Waals surface area contributed by atoms with Crippen molar-refractivity contribution in [2.24, 2.45) is 5.92 Å². The van der Waals surface area contributed by atoms with Crippen molar-refractivity contribution < 1.29 is 14.7 Å². The number of hydrogen-bond donors (Lipinski definition) is 2. The van der Waals surface area contributed by atoms with Gasteiger partial charge in [-0.3, -0.25) is 4.79 Å². The molecule has 7 nitrogen and oxygen atoms in total. The van der Waals surface area contributed by atoms with Gasteiger partial charge in [0.05, 0.1) is 12.4 Å². The third-order valence-corrected chi connectivity index (χ3v) is 4.13. The Balaban J connectivity index is 1.79. The van der Waals surface area contributed by atoms with Crippen LogP contribution < -0.4 is 10.2 Å². The van der Waals surface area contributed by atoms with E-state index >= 15 is 0 Å². The van der Waals surface area contributed by atoms with Crippen LogP contribution in [0.3, 0.4) is 0 Å². The first-order valence-corrected chi connectivity index (χ1v) is 8.19. The predicted octanol–water partition coefficient (Wildman–Crippen LogP) is 1.70. The lowest BCUT2D eigenvalue weighted by Crippen LogP contribution is -2.41. The standard InChI is InChI=1S/C16H24N4O3/c1-2-3-4-7-17-15(21)12-5-8-20(9-6-12)14-11-18-13(10-19-14)16(22)23/h10-12H,2-9H2,1H3,(H,17,21)(H,22,23). The van der Waals surface area contributed by atoms with Crippen LogP contribution >= 0.6 is 0 Å². The fourth-order valence-electron chi connectivity index (χ4n) is 2.70. The molecule has 126 valence electrons. The first-order valence-electron chi connectivity index (χ1n) is 8.19. The van der Waals surface area contributed by atoms with Gasteiger partial charge < -0.3 is 15.3 Å². The smallest absolute Gasteiger partial charge is 0.356 e. The molecule has 1 aliphatic heterocycles. The molecule has 1 aromatic rings. The zero-order valence-corrected chi connectivity index (χ0v) is 13.5. The fourth-order valence-corrected chi connectivity index (χ4v) is 2.70. The van der Waals surface area contributed by atoms with E-state index in [0.717, 1.165) is 51.7 Å². The number of unbranched alkanes of at least 4 members (excludes halogenated alkanes) is 2. The Labute approximate surface area is 136 Å². The van der Waals surface area contributed by atoms with E-state index in [2.05, 4.69) is 22.2 Å². The molecule has 7 heteroatoms. The van der Waals surface area contributed by atoms with Crippen LogP contribution in [0, 0.1) is 5.92 Å². The Morgan fingerprint density at radius 2 is 2.00 bits per heavy atom.